The number of rotatable bonds is 6. The minimum Gasteiger partial charge on any atom is -0.496 e. The number of aromatic nitrogens is 1. The summed E-state index contributed by atoms with van der Waals surface area (Å²) in [7, 11) is 1.53. The van der Waals surface area contributed by atoms with E-state index in [2.05, 4.69) is 20.9 Å². The highest BCUT2D eigenvalue weighted by atomic mass is 79.9. The minimum absolute atomic E-state index is 0.152. The van der Waals surface area contributed by atoms with Gasteiger partial charge < -0.3 is 14.6 Å². The Morgan fingerprint density at radius 3 is 2.50 bits per heavy atom. The van der Waals surface area contributed by atoms with Crippen LogP contribution in [0.15, 0.2) is 68.0 Å². The third-order valence-electron chi connectivity index (χ3n) is 5.53. The quantitative estimate of drug-likeness (QED) is 0.453. The highest BCUT2D eigenvalue weighted by molar-refractivity contribution is 9.10. The van der Waals surface area contributed by atoms with Crippen LogP contribution in [0.4, 0.5) is 0 Å². The molecule has 36 heavy (non-hydrogen) atoms. The number of allylic oxidation sites excluding steroid dienone is 1. The maximum absolute atomic E-state index is 13.7. The second kappa shape index (κ2) is 10.2. The summed E-state index contributed by atoms with van der Waals surface area (Å²) in [5, 5.41) is 9.14. The van der Waals surface area contributed by atoms with Crippen LogP contribution in [0, 0.1) is 0 Å². The average Bonchev–Trinajstić information content (AvgIpc) is 3.12. The first kappa shape index (κ1) is 25.6. The lowest BCUT2D eigenvalue weighted by atomic mass is 9.95. The molecule has 1 aliphatic rings. The van der Waals surface area contributed by atoms with Crippen LogP contribution >= 0.6 is 27.3 Å². The Bertz CT molecular complexity index is 1570. The summed E-state index contributed by atoms with van der Waals surface area (Å²) in [4.78, 5) is 43.1. The van der Waals surface area contributed by atoms with Crippen molar-refractivity contribution in [3.8, 4) is 5.75 Å². The van der Waals surface area contributed by atoms with Crippen LogP contribution < -0.4 is 19.6 Å². The molecule has 0 radical (unpaired) electrons. The third-order valence-corrected chi connectivity index (χ3v) is 7.00. The SMILES string of the molecule is COc1ccc(Br)cc1[C@@H]1C(C(=O)OC(C)C)=C(C)N=c2s/c(=C\c3ccc(C(=O)O)cc3)c(=O)n21. The maximum atomic E-state index is 13.7. The van der Waals surface area contributed by atoms with Gasteiger partial charge >= 0.3 is 11.9 Å². The Hall–Kier alpha value is -3.50. The molecule has 0 saturated carbocycles. The zero-order valence-corrected chi connectivity index (χ0v) is 22.3. The molecule has 3 aromatic rings. The van der Waals surface area contributed by atoms with Gasteiger partial charge in [-0.2, -0.15) is 0 Å². The van der Waals surface area contributed by atoms with Gasteiger partial charge in [-0.1, -0.05) is 39.4 Å². The van der Waals surface area contributed by atoms with Gasteiger partial charge in [-0.25, -0.2) is 14.6 Å². The molecule has 8 nitrogen and oxygen atoms in total. The normalized spacial score (nSPS) is 15.5. The second-order valence-corrected chi connectivity index (χ2v) is 10.3. The number of ether oxygens (including phenoxy) is 2. The van der Waals surface area contributed by atoms with Crippen molar-refractivity contribution in [2.45, 2.75) is 32.9 Å². The number of methoxy groups -OCH3 is 1. The van der Waals surface area contributed by atoms with E-state index in [1.165, 1.54) is 35.1 Å². The first-order chi connectivity index (χ1) is 17.1. The summed E-state index contributed by atoms with van der Waals surface area (Å²) >= 11 is 4.67. The van der Waals surface area contributed by atoms with Crippen LogP contribution in [0.25, 0.3) is 6.08 Å². The van der Waals surface area contributed by atoms with Crippen molar-refractivity contribution >= 4 is 45.3 Å². The van der Waals surface area contributed by atoms with E-state index in [9.17, 15) is 14.4 Å². The van der Waals surface area contributed by atoms with Crippen molar-refractivity contribution in [1.29, 1.82) is 0 Å². The summed E-state index contributed by atoms with van der Waals surface area (Å²) in [6.07, 6.45) is 1.32. The number of nitrogens with zero attached hydrogens (tertiary/aromatic N) is 2. The van der Waals surface area contributed by atoms with Crippen LogP contribution in [0.2, 0.25) is 0 Å². The molecule has 0 bridgehead atoms. The molecular weight excluding hydrogens is 548 g/mol. The molecule has 1 aromatic heterocycles. The van der Waals surface area contributed by atoms with Gasteiger partial charge in [0.1, 0.15) is 11.8 Å². The number of carboxylic acids is 1. The zero-order valence-electron chi connectivity index (χ0n) is 19.9. The first-order valence-corrected chi connectivity index (χ1v) is 12.6. The van der Waals surface area contributed by atoms with E-state index in [0.717, 1.165) is 4.47 Å². The Morgan fingerprint density at radius 1 is 1.19 bits per heavy atom. The Balaban J connectivity index is 1.96. The molecule has 0 spiro atoms. The lowest BCUT2D eigenvalue weighted by Crippen LogP contribution is -2.40. The van der Waals surface area contributed by atoms with Crippen molar-refractivity contribution in [3.63, 3.8) is 0 Å². The van der Waals surface area contributed by atoms with Crippen molar-refractivity contribution in [2.75, 3.05) is 7.11 Å². The zero-order chi connectivity index (χ0) is 26.1. The highest BCUT2D eigenvalue weighted by Crippen LogP contribution is 2.37. The first-order valence-electron chi connectivity index (χ1n) is 11.0. The standard InChI is InChI=1S/C26H23BrN2O6S/c1-13(2)35-25(33)21-14(3)28-26-29(22(21)18-12-17(27)9-10-19(18)34-4)23(30)20(36-26)11-15-5-7-16(8-6-15)24(31)32/h5-13,22H,1-4H3,(H,31,32)/b20-11-/t22-/m1/s1. The van der Waals surface area contributed by atoms with Crippen LogP contribution in [-0.2, 0) is 9.53 Å². The fraction of sp³-hybridized carbons (Fsp3) is 0.231. The van der Waals surface area contributed by atoms with Crippen molar-refractivity contribution < 1.29 is 24.2 Å². The van der Waals surface area contributed by atoms with Gasteiger partial charge in [0, 0.05) is 10.0 Å². The van der Waals surface area contributed by atoms with Crippen molar-refractivity contribution in [3.05, 3.63) is 94.6 Å². The fourth-order valence-corrected chi connectivity index (χ4v) is 5.37. The number of carboxylic acid groups (broad SMARTS) is 1. The molecule has 0 unspecified atom stereocenters. The summed E-state index contributed by atoms with van der Waals surface area (Å²) in [6, 6.07) is 10.8. The average molecular weight is 571 g/mol. The predicted molar refractivity (Wildman–Crippen MR) is 139 cm³/mol. The summed E-state index contributed by atoms with van der Waals surface area (Å²) in [5.41, 5.74) is 1.79. The number of carbonyl (C=O) groups is 2. The summed E-state index contributed by atoms with van der Waals surface area (Å²) in [5.74, 6) is -1.08. The van der Waals surface area contributed by atoms with Gasteiger partial charge in [-0.3, -0.25) is 9.36 Å². The lowest BCUT2D eigenvalue weighted by molar-refractivity contribution is -0.143. The topological polar surface area (TPSA) is 107 Å². The van der Waals surface area contributed by atoms with Crippen LogP contribution in [0.1, 0.15) is 48.3 Å². The van der Waals surface area contributed by atoms with Gasteiger partial charge in [0.05, 0.1) is 34.6 Å². The molecule has 2 aromatic carbocycles. The van der Waals surface area contributed by atoms with E-state index in [1.54, 1.807) is 45.0 Å². The van der Waals surface area contributed by atoms with Crippen LogP contribution in [0.5, 0.6) is 5.75 Å². The Kier molecular flexibility index (Phi) is 7.28. The van der Waals surface area contributed by atoms with Crippen molar-refractivity contribution in [2.24, 2.45) is 4.99 Å². The molecule has 2 heterocycles. The molecule has 4 rings (SSSR count). The van der Waals surface area contributed by atoms with E-state index < -0.39 is 18.0 Å². The van der Waals surface area contributed by atoms with Crippen LogP contribution in [-0.4, -0.2) is 34.8 Å². The monoisotopic (exact) mass is 570 g/mol. The molecule has 10 heteroatoms. The van der Waals surface area contributed by atoms with E-state index >= 15 is 0 Å². The number of aromatic carboxylic acids is 1. The Morgan fingerprint density at radius 2 is 1.89 bits per heavy atom. The van der Waals surface area contributed by atoms with E-state index in [-0.39, 0.29) is 22.8 Å². The fourth-order valence-electron chi connectivity index (χ4n) is 3.95. The highest BCUT2D eigenvalue weighted by Gasteiger charge is 2.35. The molecule has 1 atom stereocenters. The summed E-state index contributed by atoms with van der Waals surface area (Å²) < 4.78 is 13.7. The third kappa shape index (κ3) is 4.91. The van der Waals surface area contributed by atoms with Gasteiger partial charge in [-0.15, -0.1) is 0 Å². The van der Waals surface area contributed by atoms with Gasteiger partial charge in [0.2, 0.25) is 0 Å². The van der Waals surface area contributed by atoms with E-state index in [1.807, 2.05) is 12.1 Å². The number of hydrogen-bond acceptors (Lipinski definition) is 7. The minimum atomic E-state index is -1.03. The van der Waals surface area contributed by atoms with E-state index in [4.69, 9.17) is 14.6 Å². The molecule has 0 aliphatic carbocycles. The molecule has 1 aliphatic heterocycles. The van der Waals surface area contributed by atoms with Gasteiger partial charge in [0.15, 0.2) is 4.80 Å². The van der Waals surface area contributed by atoms with Gasteiger partial charge in [0.25, 0.3) is 5.56 Å². The molecule has 1 N–H and O–H groups in total. The number of carbonyl (C=O) groups excluding carboxylic acids is 1. The molecule has 0 fully saturated rings. The lowest BCUT2D eigenvalue weighted by Gasteiger charge is -2.26. The number of halogens is 1. The second-order valence-electron chi connectivity index (χ2n) is 8.35. The number of thiazole rings is 1. The largest absolute Gasteiger partial charge is 0.496 e. The van der Waals surface area contributed by atoms with E-state index in [0.29, 0.717) is 31.9 Å². The number of fused-ring (bicyclic) bond motifs is 1. The Labute approximate surface area is 219 Å². The molecular formula is C26H23BrN2O6S. The molecule has 0 amide bonds. The number of esters is 1. The summed E-state index contributed by atoms with van der Waals surface area (Å²) in [6.45, 7) is 5.23. The maximum Gasteiger partial charge on any atom is 0.338 e. The van der Waals surface area contributed by atoms with Gasteiger partial charge in [-0.05, 0) is 62.7 Å². The molecule has 186 valence electrons. The predicted octanol–water partition coefficient (Wildman–Crippen LogP) is 3.66. The van der Waals surface area contributed by atoms with Crippen LogP contribution in [0.3, 0.4) is 0 Å². The number of hydrogen-bond donors (Lipinski definition) is 1. The number of benzene rings is 2. The smallest absolute Gasteiger partial charge is 0.338 e. The van der Waals surface area contributed by atoms with Crippen molar-refractivity contribution in [1.82, 2.24) is 4.57 Å². The molecule has 0 saturated heterocycles.